The van der Waals surface area contributed by atoms with Gasteiger partial charge in [0.15, 0.2) is 11.5 Å². The molecule has 0 amide bonds. The average Bonchev–Trinajstić information content (AvgIpc) is 2.61. The van der Waals surface area contributed by atoms with E-state index in [2.05, 4.69) is 0 Å². The van der Waals surface area contributed by atoms with Gasteiger partial charge in [-0.15, -0.1) is 0 Å². The predicted octanol–water partition coefficient (Wildman–Crippen LogP) is 4.32. The summed E-state index contributed by atoms with van der Waals surface area (Å²) in [5, 5.41) is 1.42. The van der Waals surface area contributed by atoms with Crippen LogP contribution in [0.3, 0.4) is 0 Å². The van der Waals surface area contributed by atoms with Gasteiger partial charge in [-0.3, -0.25) is 4.79 Å². The van der Waals surface area contributed by atoms with Gasteiger partial charge in [0, 0.05) is 11.8 Å². The number of carbonyl (C=O) groups excluding carboxylic acids is 1. The van der Waals surface area contributed by atoms with Crippen molar-refractivity contribution in [2.45, 2.75) is 20.3 Å². The molecule has 2 nitrogen and oxygen atoms in total. The molecule has 0 fully saturated rings. The fourth-order valence-electron chi connectivity index (χ4n) is 1.63. The summed E-state index contributed by atoms with van der Waals surface area (Å²) in [7, 11) is 0. The van der Waals surface area contributed by atoms with Crippen LogP contribution in [0.5, 0.6) is 0 Å². The fraction of sp³-hybridized carbons (Fsp3) is 0.308. The van der Waals surface area contributed by atoms with E-state index in [4.69, 9.17) is 16.0 Å². The van der Waals surface area contributed by atoms with Gasteiger partial charge < -0.3 is 4.42 Å². The van der Waals surface area contributed by atoms with Crippen LogP contribution in [-0.2, 0) is 0 Å². The lowest BCUT2D eigenvalue weighted by atomic mass is 10.1. The van der Waals surface area contributed by atoms with Crippen molar-refractivity contribution in [2.24, 2.45) is 5.92 Å². The van der Waals surface area contributed by atoms with Gasteiger partial charge >= 0.3 is 0 Å². The molecule has 0 spiro atoms. The Morgan fingerprint density at radius 2 is 2.19 bits per heavy atom. The standard InChI is InChI=1S/C13H13ClO2/c1-8(2)6-11(15)13-7-9-10(14)4-3-5-12(9)16-13/h3-5,7-8H,6H2,1-2H3. The molecule has 84 valence electrons. The Bertz CT molecular complexity index is 526. The number of rotatable bonds is 3. The highest BCUT2D eigenvalue weighted by molar-refractivity contribution is 6.35. The van der Waals surface area contributed by atoms with Crippen molar-refractivity contribution < 1.29 is 9.21 Å². The maximum Gasteiger partial charge on any atom is 0.198 e. The first kappa shape index (κ1) is 11.2. The monoisotopic (exact) mass is 236 g/mol. The van der Waals surface area contributed by atoms with Gasteiger partial charge in [-0.05, 0) is 24.1 Å². The molecule has 1 aromatic carbocycles. The van der Waals surface area contributed by atoms with E-state index >= 15 is 0 Å². The van der Waals surface area contributed by atoms with Crippen LogP contribution in [-0.4, -0.2) is 5.78 Å². The minimum Gasteiger partial charge on any atom is -0.453 e. The number of hydrogen-bond donors (Lipinski definition) is 0. The van der Waals surface area contributed by atoms with Gasteiger partial charge in [0.1, 0.15) is 5.58 Å². The Labute approximate surface area is 99.2 Å². The van der Waals surface area contributed by atoms with E-state index in [0.717, 1.165) is 5.39 Å². The molecular weight excluding hydrogens is 224 g/mol. The summed E-state index contributed by atoms with van der Waals surface area (Å²) in [6.45, 7) is 4.01. The first-order valence-electron chi connectivity index (χ1n) is 5.29. The fourth-order valence-corrected chi connectivity index (χ4v) is 1.85. The van der Waals surface area contributed by atoms with Crippen LogP contribution in [0.25, 0.3) is 11.0 Å². The number of furan rings is 1. The van der Waals surface area contributed by atoms with Crippen LogP contribution < -0.4 is 0 Å². The lowest BCUT2D eigenvalue weighted by Gasteiger charge is -1.99. The second-order valence-corrected chi connectivity index (χ2v) is 4.69. The Hall–Kier alpha value is -1.28. The second-order valence-electron chi connectivity index (χ2n) is 4.28. The Balaban J connectivity index is 2.40. The van der Waals surface area contributed by atoms with E-state index in [1.54, 1.807) is 12.1 Å². The summed E-state index contributed by atoms with van der Waals surface area (Å²) in [5.74, 6) is 0.759. The third-order valence-corrected chi connectivity index (χ3v) is 2.71. The minimum atomic E-state index is 0.0299. The molecule has 0 bridgehead atoms. The first-order valence-corrected chi connectivity index (χ1v) is 5.67. The van der Waals surface area contributed by atoms with E-state index < -0.39 is 0 Å². The van der Waals surface area contributed by atoms with Crippen LogP contribution in [0.4, 0.5) is 0 Å². The van der Waals surface area contributed by atoms with Crippen LogP contribution in [0, 0.1) is 5.92 Å². The highest BCUT2D eigenvalue weighted by Gasteiger charge is 2.14. The van der Waals surface area contributed by atoms with Gasteiger partial charge in [0.2, 0.25) is 0 Å². The summed E-state index contributed by atoms with van der Waals surface area (Å²) in [6.07, 6.45) is 0.497. The van der Waals surface area contributed by atoms with Gasteiger partial charge in [-0.2, -0.15) is 0 Å². The molecule has 0 aliphatic heterocycles. The molecule has 1 aromatic heterocycles. The van der Waals surface area contributed by atoms with Crippen LogP contribution in [0.1, 0.15) is 30.8 Å². The quantitative estimate of drug-likeness (QED) is 0.743. The van der Waals surface area contributed by atoms with Crippen molar-refractivity contribution in [3.05, 3.63) is 35.0 Å². The molecule has 1 heterocycles. The number of carbonyl (C=O) groups is 1. The molecule has 2 aromatic rings. The van der Waals surface area contributed by atoms with Crippen LogP contribution in [0.2, 0.25) is 5.02 Å². The van der Waals surface area contributed by atoms with Crippen molar-refractivity contribution >= 4 is 28.4 Å². The summed E-state index contributed by atoms with van der Waals surface area (Å²) < 4.78 is 5.48. The van der Waals surface area contributed by atoms with E-state index in [9.17, 15) is 4.79 Å². The molecule has 0 aliphatic carbocycles. The lowest BCUT2D eigenvalue weighted by molar-refractivity contribution is 0.0943. The van der Waals surface area contributed by atoms with Gasteiger partial charge in [0.05, 0.1) is 5.02 Å². The molecule has 3 heteroatoms. The topological polar surface area (TPSA) is 30.2 Å². The summed E-state index contributed by atoms with van der Waals surface area (Å²) in [5.41, 5.74) is 0.666. The zero-order valence-corrected chi connectivity index (χ0v) is 10.0. The van der Waals surface area contributed by atoms with E-state index in [-0.39, 0.29) is 5.78 Å². The largest absolute Gasteiger partial charge is 0.453 e. The number of benzene rings is 1. The summed E-state index contributed by atoms with van der Waals surface area (Å²) >= 11 is 6.01. The van der Waals surface area contributed by atoms with E-state index in [1.165, 1.54) is 0 Å². The van der Waals surface area contributed by atoms with Crippen LogP contribution >= 0.6 is 11.6 Å². The normalized spacial score (nSPS) is 11.2. The van der Waals surface area contributed by atoms with Crippen molar-refractivity contribution in [3.63, 3.8) is 0 Å². The Kier molecular flexibility index (Phi) is 3.01. The molecule has 0 saturated carbocycles. The lowest BCUT2D eigenvalue weighted by Crippen LogP contribution is -2.01. The molecule has 0 atom stereocenters. The van der Waals surface area contributed by atoms with E-state index in [0.29, 0.717) is 28.7 Å². The molecule has 0 aliphatic rings. The van der Waals surface area contributed by atoms with Crippen molar-refractivity contribution in [1.29, 1.82) is 0 Å². The minimum absolute atomic E-state index is 0.0299. The molecule has 0 saturated heterocycles. The van der Waals surface area contributed by atoms with Gasteiger partial charge in [-0.1, -0.05) is 31.5 Å². The third kappa shape index (κ3) is 2.12. The number of Topliss-reactive ketones (excluding diaryl/α,β-unsaturated/α-hetero) is 1. The smallest absolute Gasteiger partial charge is 0.198 e. The van der Waals surface area contributed by atoms with Crippen molar-refractivity contribution in [1.82, 2.24) is 0 Å². The molecule has 0 radical (unpaired) electrons. The molecular formula is C13H13ClO2. The molecule has 0 unspecified atom stereocenters. The highest BCUT2D eigenvalue weighted by Crippen LogP contribution is 2.27. The predicted molar refractivity (Wildman–Crippen MR) is 65.0 cm³/mol. The third-order valence-electron chi connectivity index (χ3n) is 2.38. The number of ketones is 1. The SMILES string of the molecule is CC(C)CC(=O)c1cc2c(Cl)cccc2o1. The summed E-state index contributed by atoms with van der Waals surface area (Å²) in [4.78, 5) is 11.8. The highest BCUT2D eigenvalue weighted by atomic mass is 35.5. The first-order chi connectivity index (χ1) is 7.58. The number of hydrogen-bond acceptors (Lipinski definition) is 2. The Morgan fingerprint density at radius 3 is 2.81 bits per heavy atom. The summed E-state index contributed by atoms with van der Waals surface area (Å²) in [6, 6.07) is 7.14. The zero-order chi connectivity index (χ0) is 11.7. The van der Waals surface area contributed by atoms with Gasteiger partial charge in [0.25, 0.3) is 0 Å². The zero-order valence-electron chi connectivity index (χ0n) is 9.29. The van der Waals surface area contributed by atoms with Crippen LogP contribution in [0.15, 0.2) is 28.7 Å². The van der Waals surface area contributed by atoms with Crippen molar-refractivity contribution in [2.75, 3.05) is 0 Å². The van der Waals surface area contributed by atoms with E-state index in [1.807, 2.05) is 26.0 Å². The molecule has 0 N–H and O–H groups in total. The Morgan fingerprint density at radius 1 is 1.44 bits per heavy atom. The number of fused-ring (bicyclic) bond motifs is 1. The molecule has 16 heavy (non-hydrogen) atoms. The number of halogens is 1. The maximum atomic E-state index is 11.8. The van der Waals surface area contributed by atoms with Crippen molar-refractivity contribution in [3.8, 4) is 0 Å². The maximum absolute atomic E-state index is 11.8. The average molecular weight is 237 g/mol. The van der Waals surface area contributed by atoms with Gasteiger partial charge in [-0.25, -0.2) is 0 Å². The molecule has 2 rings (SSSR count). The second kappa shape index (κ2) is 4.30.